The van der Waals surface area contributed by atoms with E-state index in [1.165, 1.54) is 37.3 Å². The normalized spacial score (nSPS) is 11.7. The van der Waals surface area contributed by atoms with E-state index in [9.17, 15) is 31.1 Å². The zero-order chi connectivity index (χ0) is 22.5. The van der Waals surface area contributed by atoms with Crippen LogP contribution in [0.1, 0.15) is 28.4 Å². The summed E-state index contributed by atoms with van der Waals surface area (Å²) < 4.78 is 83.6. The van der Waals surface area contributed by atoms with Gasteiger partial charge in [-0.3, -0.25) is 4.79 Å². The van der Waals surface area contributed by atoms with Crippen molar-refractivity contribution in [2.24, 2.45) is 0 Å². The lowest BCUT2D eigenvalue weighted by Crippen LogP contribution is -2.37. The van der Waals surface area contributed by atoms with E-state index in [0.717, 1.165) is 12.1 Å². The quantitative estimate of drug-likeness (QED) is 0.446. The van der Waals surface area contributed by atoms with Crippen LogP contribution < -0.4 is 9.64 Å². The summed E-state index contributed by atoms with van der Waals surface area (Å²) in [6.45, 7) is -0.742. The number of hydrogen-bond donors (Lipinski definition) is 0. The molecule has 160 valence electrons. The Balaban J connectivity index is 2.20. The summed E-state index contributed by atoms with van der Waals surface area (Å²) >= 11 is 0. The Morgan fingerprint density at radius 1 is 1.07 bits per heavy atom. The molecular weight excluding hydrogens is 414 g/mol. The van der Waals surface area contributed by atoms with Crippen molar-refractivity contribution in [3.05, 3.63) is 59.2 Å². The van der Waals surface area contributed by atoms with Gasteiger partial charge in [0.1, 0.15) is 18.9 Å². The first-order valence-corrected chi connectivity index (χ1v) is 8.57. The Hall–Kier alpha value is -3.22. The Labute approximate surface area is 168 Å². The maximum atomic E-state index is 13.1. The molecule has 4 nitrogen and oxygen atoms in total. The van der Waals surface area contributed by atoms with Crippen LogP contribution in [0.5, 0.6) is 5.75 Å². The van der Waals surface area contributed by atoms with Gasteiger partial charge in [-0.05, 0) is 49.4 Å². The molecule has 2 rings (SSSR count). The van der Waals surface area contributed by atoms with Crippen molar-refractivity contribution in [3.8, 4) is 11.8 Å². The van der Waals surface area contributed by atoms with Crippen molar-refractivity contribution < 1.29 is 35.9 Å². The van der Waals surface area contributed by atoms with Crippen LogP contribution >= 0.6 is 0 Å². The van der Waals surface area contributed by atoms with Gasteiger partial charge < -0.3 is 9.64 Å². The molecule has 0 bridgehead atoms. The highest BCUT2D eigenvalue weighted by atomic mass is 19.4. The molecule has 0 aliphatic carbocycles. The van der Waals surface area contributed by atoms with Crippen LogP contribution in [0.25, 0.3) is 0 Å². The number of ether oxygens (including phenoxy) is 1. The largest absolute Gasteiger partial charge is 0.492 e. The minimum atomic E-state index is -4.89. The van der Waals surface area contributed by atoms with Gasteiger partial charge in [-0.15, -0.1) is 0 Å². The summed E-state index contributed by atoms with van der Waals surface area (Å²) in [5.41, 5.74) is -1.90. The Bertz CT molecular complexity index is 930. The summed E-state index contributed by atoms with van der Waals surface area (Å²) in [5.74, 6) is 0.127. The second-order valence-corrected chi connectivity index (χ2v) is 6.31. The van der Waals surface area contributed by atoms with Crippen molar-refractivity contribution in [3.63, 3.8) is 0 Å². The highest BCUT2D eigenvalue weighted by Gasteiger charge is 2.36. The SMILES string of the molecule is CC(=O)c1ccc(OCCN(CC(F)(F)F)c2ccc(C#N)c(C(F)(F)F)c2)cc1. The number of ketones is 1. The lowest BCUT2D eigenvalue weighted by Gasteiger charge is -2.27. The van der Waals surface area contributed by atoms with Gasteiger partial charge in [0.2, 0.25) is 0 Å². The molecule has 0 heterocycles. The Kier molecular flexibility index (Phi) is 6.97. The predicted molar refractivity (Wildman–Crippen MR) is 96.4 cm³/mol. The third kappa shape index (κ3) is 6.40. The summed E-state index contributed by atoms with van der Waals surface area (Å²) in [6, 6.07) is 9.68. The molecule has 0 unspecified atom stereocenters. The first-order valence-electron chi connectivity index (χ1n) is 8.57. The zero-order valence-corrected chi connectivity index (χ0v) is 15.6. The summed E-state index contributed by atoms with van der Waals surface area (Å²) in [4.78, 5) is 11.9. The van der Waals surface area contributed by atoms with Crippen LogP contribution in [-0.4, -0.2) is 31.7 Å². The van der Waals surface area contributed by atoms with E-state index >= 15 is 0 Å². The summed E-state index contributed by atoms with van der Waals surface area (Å²) in [7, 11) is 0. The molecule has 0 N–H and O–H groups in total. The molecule has 0 spiro atoms. The van der Waals surface area contributed by atoms with Crippen molar-refractivity contribution >= 4 is 11.5 Å². The van der Waals surface area contributed by atoms with E-state index in [1.54, 1.807) is 0 Å². The number of alkyl halides is 6. The van der Waals surface area contributed by atoms with E-state index in [4.69, 9.17) is 10.00 Å². The van der Waals surface area contributed by atoms with Gasteiger partial charge in [0.25, 0.3) is 0 Å². The van der Waals surface area contributed by atoms with Crippen LogP contribution in [0.3, 0.4) is 0 Å². The summed E-state index contributed by atoms with van der Waals surface area (Å²) in [6.07, 6.45) is -9.56. The number of nitriles is 1. The molecule has 0 aliphatic rings. The fourth-order valence-electron chi connectivity index (χ4n) is 2.64. The van der Waals surface area contributed by atoms with Gasteiger partial charge in [0.15, 0.2) is 5.78 Å². The van der Waals surface area contributed by atoms with Crippen LogP contribution in [0, 0.1) is 11.3 Å². The third-order valence-corrected chi connectivity index (χ3v) is 4.06. The number of hydrogen-bond acceptors (Lipinski definition) is 4. The highest BCUT2D eigenvalue weighted by molar-refractivity contribution is 5.94. The Morgan fingerprint density at radius 3 is 2.20 bits per heavy atom. The maximum Gasteiger partial charge on any atom is 0.417 e. The lowest BCUT2D eigenvalue weighted by atomic mass is 10.1. The van der Waals surface area contributed by atoms with E-state index in [2.05, 4.69) is 0 Å². The number of benzene rings is 2. The molecule has 0 radical (unpaired) electrons. The summed E-state index contributed by atoms with van der Waals surface area (Å²) in [5, 5.41) is 8.83. The van der Waals surface area contributed by atoms with Crippen molar-refractivity contribution in [2.75, 3.05) is 24.6 Å². The topological polar surface area (TPSA) is 53.3 Å². The second-order valence-electron chi connectivity index (χ2n) is 6.31. The molecule has 0 fully saturated rings. The smallest absolute Gasteiger partial charge is 0.417 e. The van der Waals surface area contributed by atoms with Crippen LogP contribution in [0.2, 0.25) is 0 Å². The standard InChI is InChI=1S/C20H16F6N2O2/c1-13(29)14-3-6-17(7-4-14)30-9-8-28(12-19(21,22)23)16-5-2-15(11-27)18(10-16)20(24,25)26/h2-7,10H,8-9,12H2,1H3. The third-order valence-electron chi connectivity index (χ3n) is 4.06. The molecule has 0 aliphatic heterocycles. The van der Waals surface area contributed by atoms with Crippen molar-refractivity contribution in [2.45, 2.75) is 19.3 Å². The first-order chi connectivity index (χ1) is 13.9. The van der Waals surface area contributed by atoms with E-state index in [0.29, 0.717) is 22.3 Å². The van der Waals surface area contributed by atoms with Gasteiger partial charge in [-0.25, -0.2) is 0 Å². The van der Waals surface area contributed by atoms with Gasteiger partial charge >= 0.3 is 12.4 Å². The fourth-order valence-corrected chi connectivity index (χ4v) is 2.64. The molecule has 0 amide bonds. The molecule has 0 atom stereocenters. The average Bonchev–Trinajstić information content (AvgIpc) is 2.65. The molecule has 30 heavy (non-hydrogen) atoms. The first kappa shape index (κ1) is 23.1. The van der Waals surface area contributed by atoms with E-state index in [1.807, 2.05) is 0 Å². The van der Waals surface area contributed by atoms with E-state index in [-0.39, 0.29) is 24.6 Å². The molecule has 2 aromatic rings. The maximum absolute atomic E-state index is 13.1. The average molecular weight is 430 g/mol. The molecule has 0 saturated heterocycles. The number of carbonyl (C=O) groups is 1. The highest BCUT2D eigenvalue weighted by Crippen LogP contribution is 2.35. The number of carbonyl (C=O) groups excluding carboxylic acids is 1. The Morgan fingerprint density at radius 2 is 1.70 bits per heavy atom. The predicted octanol–water partition coefficient (Wildman–Crippen LogP) is 5.23. The van der Waals surface area contributed by atoms with E-state index < -0.39 is 30.0 Å². The second kappa shape index (κ2) is 9.07. The molecule has 0 aromatic heterocycles. The zero-order valence-electron chi connectivity index (χ0n) is 15.6. The monoisotopic (exact) mass is 430 g/mol. The van der Waals surface area contributed by atoms with Crippen LogP contribution in [0.4, 0.5) is 32.0 Å². The minimum absolute atomic E-state index is 0.167. The van der Waals surface area contributed by atoms with Crippen LogP contribution in [0.15, 0.2) is 42.5 Å². The number of nitrogens with zero attached hydrogens (tertiary/aromatic N) is 2. The van der Waals surface area contributed by atoms with Crippen molar-refractivity contribution in [1.82, 2.24) is 0 Å². The lowest BCUT2D eigenvalue weighted by molar-refractivity contribution is -0.137. The molecule has 2 aromatic carbocycles. The number of halogens is 6. The molecule has 10 heteroatoms. The van der Waals surface area contributed by atoms with Crippen LogP contribution in [-0.2, 0) is 6.18 Å². The van der Waals surface area contributed by atoms with Crippen molar-refractivity contribution in [1.29, 1.82) is 5.26 Å². The fraction of sp³-hybridized carbons (Fsp3) is 0.300. The molecular formula is C20H16F6N2O2. The number of Topliss-reactive ketones (excluding diaryl/α,β-unsaturated/α-hetero) is 1. The van der Waals surface area contributed by atoms with Gasteiger partial charge in [0, 0.05) is 11.3 Å². The van der Waals surface area contributed by atoms with Gasteiger partial charge in [-0.1, -0.05) is 0 Å². The van der Waals surface area contributed by atoms with Gasteiger partial charge in [-0.2, -0.15) is 31.6 Å². The minimum Gasteiger partial charge on any atom is -0.492 e. The van der Waals surface area contributed by atoms with Gasteiger partial charge in [0.05, 0.1) is 23.7 Å². The number of anilines is 1. The molecule has 0 saturated carbocycles. The number of rotatable bonds is 7.